The molecular formula is C17H20N2O6. The monoisotopic (exact) mass is 348 g/mol. The van der Waals surface area contributed by atoms with Gasteiger partial charge in [0, 0.05) is 13.1 Å². The number of aliphatic hydroxyl groups excluding tert-OH is 1. The van der Waals surface area contributed by atoms with Gasteiger partial charge in [-0.3, -0.25) is 24.1 Å². The van der Waals surface area contributed by atoms with Gasteiger partial charge in [0.05, 0.1) is 30.8 Å². The Kier molecular flexibility index (Phi) is 5.87. The second-order valence-electron chi connectivity index (χ2n) is 5.73. The van der Waals surface area contributed by atoms with E-state index >= 15 is 0 Å². The van der Waals surface area contributed by atoms with Gasteiger partial charge < -0.3 is 14.7 Å². The molecule has 1 aromatic rings. The number of hydrogen-bond acceptors (Lipinski definition) is 6. The van der Waals surface area contributed by atoms with Crippen molar-refractivity contribution in [3.8, 4) is 0 Å². The largest absolute Gasteiger partial charge is 0.469 e. The zero-order valence-corrected chi connectivity index (χ0v) is 14.1. The Balaban J connectivity index is 2.10. The Bertz CT molecular complexity index is 667. The van der Waals surface area contributed by atoms with Crippen LogP contribution in [0.15, 0.2) is 24.3 Å². The first-order valence-corrected chi connectivity index (χ1v) is 7.82. The van der Waals surface area contributed by atoms with E-state index in [1.165, 1.54) is 24.1 Å². The van der Waals surface area contributed by atoms with Gasteiger partial charge >= 0.3 is 5.97 Å². The van der Waals surface area contributed by atoms with Crippen molar-refractivity contribution in [1.29, 1.82) is 0 Å². The molecular weight excluding hydrogens is 328 g/mol. The Morgan fingerprint density at radius 2 is 1.76 bits per heavy atom. The van der Waals surface area contributed by atoms with Gasteiger partial charge in [0.25, 0.3) is 11.8 Å². The van der Waals surface area contributed by atoms with E-state index in [4.69, 9.17) is 5.11 Å². The number of fused-ring (bicyclic) bond motifs is 1. The SMILES string of the molecule is COC(=O)C(C)CN(CCO)C(=O)CN1C(=O)c2ccccc2C1=O. The molecule has 1 N–H and O–H groups in total. The quantitative estimate of drug-likeness (QED) is 0.546. The van der Waals surface area contributed by atoms with Crippen molar-refractivity contribution < 1.29 is 29.0 Å². The number of ether oxygens (including phenoxy) is 1. The number of amides is 3. The molecule has 1 aliphatic heterocycles. The van der Waals surface area contributed by atoms with Crippen LogP contribution in [0.3, 0.4) is 0 Å². The summed E-state index contributed by atoms with van der Waals surface area (Å²) in [4.78, 5) is 50.8. The van der Waals surface area contributed by atoms with Crippen LogP contribution in [0.5, 0.6) is 0 Å². The van der Waals surface area contributed by atoms with Gasteiger partial charge in [-0.25, -0.2) is 0 Å². The molecule has 3 amide bonds. The van der Waals surface area contributed by atoms with Crippen LogP contribution in [0.25, 0.3) is 0 Å². The molecule has 8 nitrogen and oxygen atoms in total. The highest BCUT2D eigenvalue weighted by atomic mass is 16.5. The first kappa shape index (κ1) is 18.6. The summed E-state index contributed by atoms with van der Waals surface area (Å²) in [6.45, 7) is 0.853. The van der Waals surface area contributed by atoms with E-state index in [0.29, 0.717) is 0 Å². The second kappa shape index (κ2) is 7.89. The number of carbonyl (C=O) groups excluding carboxylic acids is 4. The van der Waals surface area contributed by atoms with Crippen LogP contribution in [-0.4, -0.2) is 71.9 Å². The zero-order chi connectivity index (χ0) is 18.6. The minimum absolute atomic E-state index is 0.0106. The summed E-state index contributed by atoms with van der Waals surface area (Å²) < 4.78 is 4.62. The fourth-order valence-electron chi connectivity index (χ4n) is 2.66. The van der Waals surface area contributed by atoms with E-state index in [1.54, 1.807) is 19.1 Å². The molecule has 0 radical (unpaired) electrons. The molecule has 134 valence electrons. The van der Waals surface area contributed by atoms with E-state index in [2.05, 4.69) is 4.74 Å². The summed E-state index contributed by atoms with van der Waals surface area (Å²) in [6, 6.07) is 6.35. The van der Waals surface area contributed by atoms with E-state index in [1.807, 2.05) is 0 Å². The summed E-state index contributed by atoms with van der Waals surface area (Å²) in [7, 11) is 1.25. The molecule has 0 spiro atoms. The van der Waals surface area contributed by atoms with Crippen LogP contribution in [0.2, 0.25) is 0 Å². The molecule has 0 aromatic heterocycles. The van der Waals surface area contributed by atoms with E-state index in [9.17, 15) is 19.2 Å². The van der Waals surface area contributed by atoms with Crippen molar-refractivity contribution in [3.63, 3.8) is 0 Å². The predicted molar refractivity (Wildman–Crippen MR) is 86.7 cm³/mol. The standard InChI is InChI=1S/C17H20N2O6/c1-11(17(24)25-2)9-18(7-8-20)14(21)10-19-15(22)12-5-3-4-6-13(12)16(19)23/h3-6,11,20H,7-10H2,1-2H3. The average molecular weight is 348 g/mol. The number of imide groups is 1. The molecule has 1 aliphatic rings. The third-order valence-corrected chi connectivity index (χ3v) is 3.99. The number of hydrogen-bond donors (Lipinski definition) is 1. The molecule has 8 heteroatoms. The van der Waals surface area contributed by atoms with Gasteiger partial charge in [-0.2, -0.15) is 0 Å². The first-order valence-electron chi connectivity index (χ1n) is 7.82. The number of carbonyl (C=O) groups is 4. The first-order chi connectivity index (χ1) is 11.9. The van der Waals surface area contributed by atoms with Crippen molar-refractivity contribution >= 4 is 23.7 Å². The van der Waals surface area contributed by atoms with Gasteiger partial charge in [-0.15, -0.1) is 0 Å². The third-order valence-electron chi connectivity index (χ3n) is 3.99. The molecule has 1 atom stereocenters. The van der Waals surface area contributed by atoms with Gasteiger partial charge in [0.1, 0.15) is 6.54 Å². The van der Waals surface area contributed by atoms with Gasteiger partial charge in [-0.1, -0.05) is 19.1 Å². The molecule has 25 heavy (non-hydrogen) atoms. The number of nitrogens with zero attached hydrogens (tertiary/aromatic N) is 2. The summed E-state index contributed by atoms with van der Waals surface area (Å²) >= 11 is 0. The number of benzene rings is 1. The lowest BCUT2D eigenvalue weighted by Crippen LogP contribution is -2.46. The summed E-state index contributed by atoms with van der Waals surface area (Å²) in [5.41, 5.74) is 0.522. The number of esters is 1. The normalized spacial score (nSPS) is 14.3. The zero-order valence-electron chi connectivity index (χ0n) is 14.1. The maximum Gasteiger partial charge on any atom is 0.310 e. The van der Waals surface area contributed by atoms with Crippen LogP contribution >= 0.6 is 0 Å². The van der Waals surface area contributed by atoms with Crippen LogP contribution < -0.4 is 0 Å². The highest BCUT2D eigenvalue weighted by Gasteiger charge is 2.37. The van der Waals surface area contributed by atoms with Crippen molar-refractivity contribution in [2.45, 2.75) is 6.92 Å². The molecule has 0 saturated heterocycles. The van der Waals surface area contributed by atoms with Crippen LogP contribution in [0.4, 0.5) is 0 Å². The maximum absolute atomic E-state index is 12.5. The van der Waals surface area contributed by atoms with Crippen molar-refractivity contribution in [2.24, 2.45) is 5.92 Å². The fourth-order valence-corrected chi connectivity index (χ4v) is 2.66. The number of aliphatic hydroxyl groups is 1. The van der Waals surface area contributed by atoms with Crippen LogP contribution in [-0.2, 0) is 14.3 Å². The van der Waals surface area contributed by atoms with Gasteiger partial charge in [-0.05, 0) is 12.1 Å². The lowest BCUT2D eigenvalue weighted by Gasteiger charge is -2.26. The number of rotatable bonds is 7. The van der Waals surface area contributed by atoms with E-state index < -0.39 is 36.2 Å². The van der Waals surface area contributed by atoms with Crippen molar-refractivity contribution in [1.82, 2.24) is 9.80 Å². The Labute approximate surface area is 145 Å². The summed E-state index contributed by atoms with van der Waals surface area (Å²) in [5, 5.41) is 9.14. The fraction of sp³-hybridized carbons (Fsp3) is 0.412. The highest BCUT2D eigenvalue weighted by molar-refractivity contribution is 6.22. The molecule has 1 unspecified atom stereocenters. The molecule has 0 aliphatic carbocycles. The maximum atomic E-state index is 12.5. The number of methoxy groups -OCH3 is 1. The molecule has 1 heterocycles. The van der Waals surface area contributed by atoms with Gasteiger partial charge in [0.2, 0.25) is 5.91 Å². The molecule has 0 fully saturated rings. The minimum atomic E-state index is -0.595. The predicted octanol–water partition coefficient (Wildman–Crippen LogP) is -0.0874. The van der Waals surface area contributed by atoms with Crippen molar-refractivity contribution in [3.05, 3.63) is 35.4 Å². The topological polar surface area (TPSA) is 104 Å². The second-order valence-corrected chi connectivity index (χ2v) is 5.73. The third kappa shape index (κ3) is 3.85. The molecule has 0 bridgehead atoms. The van der Waals surface area contributed by atoms with Crippen LogP contribution in [0.1, 0.15) is 27.6 Å². The lowest BCUT2D eigenvalue weighted by molar-refractivity contribution is -0.146. The smallest absolute Gasteiger partial charge is 0.310 e. The van der Waals surface area contributed by atoms with E-state index in [-0.39, 0.29) is 30.8 Å². The average Bonchev–Trinajstić information content (AvgIpc) is 2.85. The highest BCUT2D eigenvalue weighted by Crippen LogP contribution is 2.22. The lowest BCUT2D eigenvalue weighted by atomic mass is 10.1. The van der Waals surface area contributed by atoms with Gasteiger partial charge in [0.15, 0.2) is 0 Å². The van der Waals surface area contributed by atoms with Crippen molar-refractivity contribution in [2.75, 3.05) is 33.4 Å². The Hall–Kier alpha value is -2.74. The van der Waals surface area contributed by atoms with Crippen LogP contribution in [0, 0.1) is 5.92 Å². The molecule has 0 saturated carbocycles. The van der Waals surface area contributed by atoms with E-state index in [0.717, 1.165) is 4.90 Å². The minimum Gasteiger partial charge on any atom is -0.469 e. The molecule has 1 aromatic carbocycles. The molecule has 2 rings (SSSR count). The Morgan fingerprint density at radius 3 is 2.24 bits per heavy atom. The summed E-state index contributed by atoms with van der Waals surface area (Å²) in [5.74, 6) is -2.67. The summed E-state index contributed by atoms with van der Waals surface area (Å²) in [6.07, 6.45) is 0. The Morgan fingerprint density at radius 1 is 1.20 bits per heavy atom.